The van der Waals surface area contributed by atoms with Crippen molar-refractivity contribution in [1.82, 2.24) is 10.2 Å². The number of carbonyl (C=O) groups is 1. The Morgan fingerprint density at radius 2 is 1.81 bits per heavy atom. The fourth-order valence-electron chi connectivity index (χ4n) is 2.93. The van der Waals surface area contributed by atoms with Crippen molar-refractivity contribution in [3.05, 3.63) is 24.3 Å². The highest BCUT2D eigenvalue weighted by atomic mass is 35.5. The number of hydrogen-bond acceptors (Lipinski definition) is 5. The van der Waals surface area contributed by atoms with Crippen molar-refractivity contribution in [2.24, 2.45) is 0 Å². The van der Waals surface area contributed by atoms with E-state index < -0.39 is 9.84 Å². The maximum atomic E-state index is 12.2. The summed E-state index contributed by atoms with van der Waals surface area (Å²) in [5.41, 5.74) is 0. The SMILES string of the molecule is CN(C(=O)CCCCOc1ccc(S(C)(=O)=O)cc1)C1CCNCC1.Cl. The minimum atomic E-state index is -3.18. The largest absolute Gasteiger partial charge is 0.494 e. The molecule has 0 saturated carbocycles. The van der Waals surface area contributed by atoms with Crippen LogP contribution >= 0.6 is 12.4 Å². The second-order valence-electron chi connectivity index (χ2n) is 6.53. The molecule has 0 aliphatic carbocycles. The van der Waals surface area contributed by atoms with Crippen LogP contribution in [0.1, 0.15) is 32.1 Å². The zero-order valence-electron chi connectivity index (χ0n) is 15.4. The molecule has 1 heterocycles. The lowest BCUT2D eigenvalue weighted by Crippen LogP contribution is -2.43. The normalized spacial score (nSPS) is 15.2. The van der Waals surface area contributed by atoms with Crippen LogP contribution in [0.3, 0.4) is 0 Å². The third kappa shape index (κ3) is 7.13. The van der Waals surface area contributed by atoms with Crippen molar-refractivity contribution in [1.29, 1.82) is 0 Å². The number of benzene rings is 1. The van der Waals surface area contributed by atoms with Gasteiger partial charge in [-0.05, 0) is 63.0 Å². The molecule has 0 bridgehead atoms. The lowest BCUT2D eigenvalue weighted by atomic mass is 10.0. The summed E-state index contributed by atoms with van der Waals surface area (Å²) in [7, 11) is -1.28. The van der Waals surface area contributed by atoms with Gasteiger partial charge in [0.15, 0.2) is 9.84 Å². The molecule has 0 radical (unpaired) electrons. The highest BCUT2D eigenvalue weighted by Crippen LogP contribution is 2.16. The van der Waals surface area contributed by atoms with Crippen LogP contribution in [0.25, 0.3) is 0 Å². The van der Waals surface area contributed by atoms with Crippen molar-refractivity contribution < 1.29 is 17.9 Å². The first kappa shape index (κ1) is 22.7. The van der Waals surface area contributed by atoms with Gasteiger partial charge in [0.1, 0.15) is 5.75 Å². The molecule has 1 saturated heterocycles. The molecule has 0 unspecified atom stereocenters. The van der Waals surface area contributed by atoms with Crippen molar-refractivity contribution in [3.8, 4) is 5.75 Å². The van der Waals surface area contributed by atoms with Gasteiger partial charge < -0.3 is 15.0 Å². The molecule has 2 rings (SSSR count). The van der Waals surface area contributed by atoms with E-state index in [1.165, 1.54) is 6.26 Å². The van der Waals surface area contributed by atoms with E-state index >= 15 is 0 Å². The van der Waals surface area contributed by atoms with Crippen LogP contribution in [0.2, 0.25) is 0 Å². The maximum absolute atomic E-state index is 12.2. The molecule has 148 valence electrons. The Hall–Kier alpha value is -1.31. The molecule has 26 heavy (non-hydrogen) atoms. The topological polar surface area (TPSA) is 75.7 Å². The van der Waals surface area contributed by atoms with Crippen LogP contribution in [-0.4, -0.2) is 58.3 Å². The number of carbonyl (C=O) groups excluding carboxylic acids is 1. The molecule has 8 heteroatoms. The molecule has 0 atom stereocenters. The number of sulfone groups is 1. The first-order chi connectivity index (χ1) is 11.9. The summed E-state index contributed by atoms with van der Waals surface area (Å²) in [4.78, 5) is 14.4. The van der Waals surface area contributed by atoms with Gasteiger partial charge in [-0.2, -0.15) is 0 Å². The molecule has 0 aromatic heterocycles. The van der Waals surface area contributed by atoms with Crippen molar-refractivity contribution in [2.45, 2.75) is 43.0 Å². The van der Waals surface area contributed by atoms with Crippen LogP contribution in [0.5, 0.6) is 5.75 Å². The molecule has 0 spiro atoms. The lowest BCUT2D eigenvalue weighted by molar-refractivity contribution is -0.132. The van der Waals surface area contributed by atoms with Gasteiger partial charge in [0.25, 0.3) is 0 Å². The minimum absolute atomic E-state index is 0. The minimum Gasteiger partial charge on any atom is -0.494 e. The third-order valence-corrected chi connectivity index (χ3v) is 5.68. The summed E-state index contributed by atoms with van der Waals surface area (Å²) in [5, 5.41) is 3.31. The monoisotopic (exact) mass is 404 g/mol. The standard InChI is InChI=1S/C18H28N2O4S.ClH/c1-20(15-10-12-19-13-11-15)18(21)5-3-4-14-24-16-6-8-17(9-7-16)25(2,22)23;/h6-9,15,19H,3-5,10-14H2,1-2H3;1H. The number of nitrogens with one attached hydrogen (secondary N) is 1. The number of hydrogen-bond donors (Lipinski definition) is 1. The van der Waals surface area contributed by atoms with E-state index in [9.17, 15) is 13.2 Å². The number of ether oxygens (including phenoxy) is 1. The molecule has 1 aromatic carbocycles. The van der Waals surface area contributed by atoms with Crippen LogP contribution < -0.4 is 10.1 Å². The highest BCUT2D eigenvalue weighted by Gasteiger charge is 2.21. The first-order valence-corrected chi connectivity index (χ1v) is 10.7. The number of amides is 1. The predicted molar refractivity (Wildman–Crippen MR) is 105 cm³/mol. The van der Waals surface area contributed by atoms with Crippen molar-refractivity contribution in [3.63, 3.8) is 0 Å². The second kappa shape index (κ2) is 10.7. The molecule has 6 nitrogen and oxygen atoms in total. The van der Waals surface area contributed by atoms with Crippen LogP contribution in [-0.2, 0) is 14.6 Å². The molecule has 1 aliphatic heterocycles. The number of piperidine rings is 1. The summed E-state index contributed by atoms with van der Waals surface area (Å²) in [6.45, 7) is 2.48. The number of halogens is 1. The predicted octanol–water partition coefficient (Wildman–Crippen LogP) is 2.27. The Morgan fingerprint density at radius 1 is 1.19 bits per heavy atom. The average Bonchev–Trinajstić information content (AvgIpc) is 2.61. The Kier molecular flexibility index (Phi) is 9.39. The smallest absolute Gasteiger partial charge is 0.222 e. The zero-order valence-corrected chi connectivity index (χ0v) is 17.1. The molecule has 1 aromatic rings. The number of unbranched alkanes of at least 4 members (excludes halogenated alkanes) is 1. The number of rotatable bonds is 8. The van der Waals surface area contributed by atoms with Gasteiger partial charge in [-0.1, -0.05) is 0 Å². The van der Waals surface area contributed by atoms with Gasteiger partial charge in [-0.15, -0.1) is 12.4 Å². The van der Waals surface area contributed by atoms with E-state index in [0.717, 1.165) is 38.8 Å². The summed E-state index contributed by atoms with van der Waals surface area (Å²) in [5.74, 6) is 0.843. The van der Waals surface area contributed by atoms with Gasteiger partial charge in [0.2, 0.25) is 5.91 Å². The fourth-order valence-corrected chi connectivity index (χ4v) is 3.56. The summed E-state index contributed by atoms with van der Waals surface area (Å²) in [6.07, 6.45) is 5.34. The van der Waals surface area contributed by atoms with Crippen LogP contribution in [0, 0.1) is 0 Å². The van der Waals surface area contributed by atoms with Gasteiger partial charge in [0.05, 0.1) is 11.5 Å². The Morgan fingerprint density at radius 3 is 2.38 bits per heavy atom. The van der Waals surface area contributed by atoms with E-state index in [1.54, 1.807) is 24.3 Å². The summed E-state index contributed by atoms with van der Waals surface area (Å²) < 4.78 is 28.4. The Bertz CT molecular complexity index is 658. The number of nitrogens with zero attached hydrogens (tertiary/aromatic N) is 1. The Balaban J connectivity index is 0.00000338. The van der Waals surface area contributed by atoms with Crippen molar-refractivity contribution >= 4 is 28.2 Å². The molecular formula is C18H29ClN2O4S. The Labute approximate surface area is 162 Å². The molecule has 1 aliphatic rings. The van der Waals surface area contributed by atoms with E-state index in [0.29, 0.717) is 24.8 Å². The van der Waals surface area contributed by atoms with Crippen LogP contribution in [0.4, 0.5) is 0 Å². The summed E-state index contributed by atoms with van der Waals surface area (Å²) >= 11 is 0. The second-order valence-corrected chi connectivity index (χ2v) is 8.55. The highest BCUT2D eigenvalue weighted by molar-refractivity contribution is 7.90. The molecule has 1 amide bonds. The molecule has 1 N–H and O–H groups in total. The third-order valence-electron chi connectivity index (χ3n) is 4.56. The van der Waals surface area contributed by atoms with Gasteiger partial charge in [-0.3, -0.25) is 4.79 Å². The summed E-state index contributed by atoms with van der Waals surface area (Å²) in [6, 6.07) is 6.77. The van der Waals surface area contributed by atoms with Crippen LogP contribution in [0.15, 0.2) is 29.2 Å². The van der Waals surface area contributed by atoms with Crippen molar-refractivity contribution in [2.75, 3.05) is 33.0 Å². The zero-order chi connectivity index (χ0) is 18.3. The molecule has 1 fully saturated rings. The molecular weight excluding hydrogens is 376 g/mol. The van der Waals surface area contributed by atoms with E-state index in [1.807, 2.05) is 11.9 Å². The van der Waals surface area contributed by atoms with Gasteiger partial charge in [-0.25, -0.2) is 8.42 Å². The average molecular weight is 405 g/mol. The van der Waals surface area contributed by atoms with Gasteiger partial charge in [0, 0.05) is 25.8 Å². The first-order valence-electron chi connectivity index (χ1n) is 8.77. The van der Waals surface area contributed by atoms with E-state index in [2.05, 4.69) is 5.32 Å². The quantitative estimate of drug-likeness (QED) is 0.672. The van der Waals surface area contributed by atoms with Gasteiger partial charge >= 0.3 is 0 Å². The van der Waals surface area contributed by atoms with E-state index in [-0.39, 0.29) is 23.2 Å². The fraction of sp³-hybridized carbons (Fsp3) is 0.611. The lowest BCUT2D eigenvalue weighted by Gasteiger charge is -2.31. The van der Waals surface area contributed by atoms with E-state index in [4.69, 9.17) is 4.74 Å². The maximum Gasteiger partial charge on any atom is 0.222 e.